The maximum Gasteiger partial charge on any atom is 0.237 e. The average Bonchev–Trinajstić information content (AvgIpc) is 3.52. The summed E-state index contributed by atoms with van der Waals surface area (Å²) >= 11 is 0. The largest absolute Gasteiger partial charge is 0.504 e. The predicted molar refractivity (Wildman–Crippen MR) is 120 cm³/mol. The molecular weight excluding hydrogens is 374 g/mol. The number of carbonyl (C=O) groups excluding carboxylic acids is 1. The van der Waals surface area contributed by atoms with Crippen molar-refractivity contribution in [2.24, 2.45) is 0 Å². The van der Waals surface area contributed by atoms with Crippen LogP contribution in [0.5, 0.6) is 11.5 Å². The van der Waals surface area contributed by atoms with Crippen molar-refractivity contribution in [2.75, 3.05) is 11.9 Å². The Hall–Kier alpha value is -3.27. The summed E-state index contributed by atoms with van der Waals surface area (Å²) in [5.74, 6) is -0.364. The maximum absolute atomic E-state index is 13.5. The average molecular weight is 402 g/mol. The maximum atomic E-state index is 13.5. The van der Waals surface area contributed by atoms with Gasteiger partial charge in [0.25, 0.3) is 0 Å². The number of anilines is 1. The van der Waals surface area contributed by atoms with Crippen molar-refractivity contribution in [3.05, 3.63) is 76.9 Å². The molecule has 1 fully saturated rings. The first kappa shape index (κ1) is 20.0. The van der Waals surface area contributed by atoms with Crippen LogP contribution < -0.4 is 4.90 Å². The molecule has 0 unspecified atom stereocenters. The van der Waals surface area contributed by atoms with Crippen molar-refractivity contribution < 1.29 is 15.0 Å². The third-order valence-electron chi connectivity index (χ3n) is 6.27. The molecule has 4 nitrogen and oxygen atoms in total. The van der Waals surface area contributed by atoms with Gasteiger partial charge >= 0.3 is 0 Å². The first-order valence-electron chi connectivity index (χ1n) is 10.2. The van der Waals surface area contributed by atoms with Gasteiger partial charge in [-0.2, -0.15) is 0 Å². The Kier molecular flexibility index (Phi) is 4.81. The molecule has 1 amide bonds. The minimum absolute atomic E-state index is 0.00280. The lowest BCUT2D eigenvalue weighted by atomic mass is 9.92. The van der Waals surface area contributed by atoms with Gasteiger partial charge in [-0.05, 0) is 85.7 Å². The molecule has 30 heavy (non-hydrogen) atoms. The third kappa shape index (κ3) is 3.32. The number of aromatic hydroxyl groups is 2. The monoisotopic (exact) mass is 401 g/mol. The van der Waals surface area contributed by atoms with Gasteiger partial charge in [-0.1, -0.05) is 35.9 Å². The smallest absolute Gasteiger partial charge is 0.237 e. The van der Waals surface area contributed by atoms with Gasteiger partial charge in [-0.3, -0.25) is 4.79 Å². The molecular formula is C26H27NO3. The van der Waals surface area contributed by atoms with Gasteiger partial charge in [-0.15, -0.1) is 0 Å². The highest BCUT2D eigenvalue weighted by Gasteiger charge is 2.53. The second-order valence-corrected chi connectivity index (χ2v) is 8.47. The van der Waals surface area contributed by atoms with Crippen LogP contribution in [0.4, 0.5) is 5.69 Å². The minimum atomic E-state index is -0.634. The van der Waals surface area contributed by atoms with E-state index >= 15 is 0 Å². The van der Waals surface area contributed by atoms with E-state index in [9.17, 15) is 15.0 Å². The molecule has 0 spiro atoms. The molecule has 4 rings (SSSR count). The SMILES string of the molecule is Cc1ccc(-c2cc(N(C)C(=O)C3(c4ccc(O)c(O)c4)CC3)ccc2C)c(C)c1. The molecule has 154 valence electrons. The topological polar surface area (TPSA) is 60.8 Å². The Morgan fingerprint density at radius 3 is 2.20 bits per heavy atom. The third-order valence-corrected chi connectivity index (χ3v) is 6.27. The van der Waals surface area contributed by atoms with Gasteiger partial charge in [0.2, 0.25) is 5.91 Å². The van der Waals surface area contributed by atoms with Crippen molar-refractivity contribution in [3.63, 3.8) is 0 Å². The molecule has 1 aliphatic carbocycles. The van der Waals surface area contributed by atoms with E-state index in [4.69, 9.17) is 0 Å². The number of phenolic OH excluding ortho intramolecular Hbond substituents is 2. The van der Waals surface area contributed by atoms with Crippen LogP contribution in [0.1, 0.15) is 35.1 Å². The van der Waals surface area contributed by atoms with Gasteiger partial charge in [-0.25, -0.2) is 0 Å². The second kappa shape index (κ2) is 7.21. The number of rotatable bonds is 4. The van der Waals surface area contributed by atoms with Gasteiger partial charge in [0, 0.05) is 12.7 Å². The van der Waals surface area contributed by atoms with Crippen molar-refractivity contribution in [1.29, 1.82) is 0 Å². The number of likely N-dealkylation sites (N-methyl/N-ethyl adjacent to an activating group) is 1. The molecule has 1 aliphatic rings. The number of nitrogens with zero attached hydrogens (tertiary/aromatic N) is 1. The zero-order valence-corrected chi connectivity index (χ0v) is 17.9. The molecule has 3 aromatic carbocycles. The minimum Gasteiger partial charge on any atom is -0.504 e. The summed E-state index contributed by atoms with van der Waals surface area (Å²) in [6.07, 6.45) is 1.46. The lowest BCUT2D eigenvalue weighted by molar-refractivity contribution is -0.120. The Labute approximate surface area is 177 Å². The molecule has 2 N–H and O–H groups in total. The lowest BCUT2D eigenvalue weighted by Crippen LogP contribution is -2.36. The fraction of sp³-hybridized carbons (Fsp3) is 0.269. The summed E-state index contributed by atoms with van der Waals surface area (Å²) in [5.41, 5.74) is 6.85. The number of carbonyl (C=O) groups is 1. The molecule has 0 aromatic heterocycles. The number of hydrogen-bond acceptors (Lipinski definition) is 3. The van der Waals surface area contributed by atoms with Crippen LogP contribution in [0, 0.1) is 20.8 Å². The van der Waals surface area contributed by atoms with Crippen LogP contribution in [-0.4, -0.2) is 23.2 Å². The highest BCUT2D eigenvalue weighted by Crippen LogP contribution is 2.51. The highest BCUT2D eigenvalue weighted by atomic mass is 16.3. The van der Waals surface area contributed by atoms with Gasteiger partial charge in [0.05, 0.1) is 5.41 Å². The Morgan fingerprint density at radius 1 is 0.833 bits per heavy atom. The zero-order chi connectivity index (χ0) is 21.6. The summed E-state index contributed by atoms with van der Waals surface area (Å²) in [6, 6.07) is 17.2. The normalized spacial score (nSPS) is 14.4. The van der Waals surface area contributed by atoms with Gasteiger partial charge in [0.15, 0.2) is 11.5 Å². The first-order valence-corrected chi connectivity index (χ1v) is 10.2. The molecule has 0 radical (unpaired) electrons. The second-order valence-electron chi connectivity index (χ2n) is 8.47. The van der Waals surface area contributed by atoms with E-state index in [0.717, 1.165) is 35.2 Å². The fourth-order valence-electron chi connectivity index (χ4n) is 4.23. The van der Waals surface area contributed by atoms with Crippen LogP contribution in [-0.2, 0) is 10.2 Å². The van der Waals surface area contributed by atoms with E-state index in [0.29, 0.717) is 0 Å². The van der Waals surface area contributed by atoms with Crippen LogP contribution in [0.3, 0.4) is 0 Å². The predicted octanol–water partition coefficient (Wildman–Crippen LogP) is 5.38. The summed E-state index contributed by atoms with van der Waals surface area (Å²) < 4.78 is 0. The molecule has 3 aromatic rings. The van der Waals surface area contributed by atoms with Crippen LogP contribution in [0.15, 0.2) is 54.6 Å². The molecule has 4 heteroatoms. The van der Waals surface area contributed by atoms with E-state index in [2.05, 4.69) is 51.1 Å². The van der Waals surface area contributed by atoms with E-state index < -0.39 is 5.41 Å². The quantitative estimate of drug-likeness (QED) is 0.577. The number of benzene rings is 3. The van der Waals surface area contributed by atoms with Crippen molar-refractivity contribution in [1.82, 2.24) is 0 Å². The summed E-state index contributed by atoms with van der Waals surface area (Å²) in [6.45, 7) is 6.28. The molecule has 0 aliphatic heterocycles. The standard InChI is InChI=1S/C26H27NO3/c1-16-5-9-21(18(3)13-16)22-15-20(8-6-17(22)2)27(4)25(30)26(11-12-26)19-7-10-23(28)24(29)14-19/h5-10,13-15,28-29H,11-12H2,1-4H3. The first-order chi connectivity index (χ1) is 14.2. The highest BCUT2D eigenvalue weighted by molar-refractivity contribution is 6.03. The fourth-order valence-corrected chi connectivity index (χ4v) is 4.23. The molecule has 0 saturated heterocycles. The van der Waals surface area contributed by atoms with Gasteiger partial charge in [0.1, 0.15) is 0 Å². The van der Waals surface area contributed by atoms with Crippen molar-refractivity contribution >= 4 is 11.6 Å². The van der Waals surface area contributed by atoms with Crippen LogP contribution in [0.2, 0.25) is 0 Å². The molecule has 0 bridgehead atoms. The van der Waals surface area contributed by atoms with Gasteiger partial charge < -0.3 is 15.1 Å². The zero-order valence-electron chi connectivity index (χ0n) is 17.9. The van der Waals surface area contributed by atoms with Crippen LogP contribution >= 0.6 is 0 Å². The van der Waals surface area contributed by atoms with E-state index in [1.807, 2.05) is 6.07 Å². The molecule has 1 saturated carbocycles. The number of hydrogen-bond donors (Lipinski definition) is 2. The van der Waals surface area contributed by atoms with Crippen molar-refractivity contribution in [3.8, 4) is 22.6 Å². The number of phenols is 2. The van der Waals surface area contributed by atoms with E-state index in [-0.39, 0.29) is 17.4 Å². The lowest BCUT2D eigenvalue weighted by Gasteiger charge is -2.25. The molecule has 0 heterocycles. The number of amides is 1. The summed E-state index contributed by atoms with van der Waals surface area (Å²) in [4.78, 5) is 15.2. The summed E-state index contributed by atoms with van der Waals surface area (Å²) in [5, 5.41) is 19.5. The summed E-state index contributed by atoms with van der Waals surface area (Å²) in [7, 11) is 1.80. The Bertz CT molecular complexity index is 1150. The van der Waals surface area contributed by atoms with E-state index in [1.54, 1.807) is 18.0 Å². The number of aryl methyl sites for hydroxylation is 3. The van der Waals surface area contributed by atoms with Crippen molar-refractivity contribution in [2.45, 2.75) is 39.0 Å². The Morgan fingerprint density at radius 2 is 1.57 bits per heavy atom. The molecule has 0 atom stereocenters. The van der Waals surface area contributed by atoms with Crippen LogP contribution in [0.25, 0.3) is 11.1 Å². The Balaban J connectivity index is 1.69. The van der Waals surface area contributed by atoms with E-state index in [1.165, 1.54) is 28.8 Å².